The molecule has 1 unspecified atom stereocenters. The van der Waals surface area contributed by atoms with Gasteiger partial charge in [-0.05, 0) is 20.4 Å². The number of hydrogen-bond acceptors (Lipinski definition) is 5. The minimum absolute atomic E-state index is 0.0763. The van der Waals surface area contributed by atoms with E-state index in [1.165, 1.54) is 12.0 Å². The molecule has 1 heterocycles. The predicted octanol–water partition coefficient (Wildman–Crippen LogP) is 1.73. The van der Waals surface area contributed by atoms with Gasteiger partial charge in [0.2, 0.25) is 0 Å². The zero-order valence-electron chi connectivity index (χ0n) is 10.9. The third-order valence-electron chi connectivity index (χ3n) is 2.75. The summed E-state index contributed by atoms with van der Waals surface area (Å²) >= 11 is 1.69. The van der Waals surface area contributed by atoms with E-state index < -0.39 is 0 Å². The first-order chi connectivity index (χ1) is 8.04. The normalized spacial score (nSPS) is 12.8. The maximum atomic E-state index is 11.3. The topological polar surface area (TPSA) is 42.4 Å². The van der Waals surface area contributed by atoms with Crippen LogP contribution in [0, 0.1) is 12.8 Å². The van der Waals surface area contributed by atoms with Crippen molar-refractivity contribution in [3.63, 3.8) is 0 Å². The first-order valence-electron chi connectivity index (χ1n) is 5.70. The Bertz CT molecular complexity index is 365. The number of aromatic nitrogens is 1. The fraction of sp³-hybridized carbons (Fsp3) is 0.667. The molecule has 0 N–H and O–H groups in total. The zero-order valence-corrected chi connectivity index (χ0v) is 11.7. The van der Waals surface area contributed by atoms with Gasteiger partial charge in [0.15, 0.2) is 0 Å². The third-order valence-corrected chi connectivity index (χ3v) is 3.75. The number of likely N-dealkylation sites (N-methyl/N-ethyl adjacent to an activating group) is 1. The Morgan fingerprint density at radius 2 is 2.35 bits per heavy atom. The Balaban J connectivity index is 2.33. The summed E-state index contributed by atoms with van der Waals surface area (Å²) in [5.41, 5.74) is 2.99. The molecule has 0 aliphatic rings. The Morgan fingerprint density at radius 1 is 1.65 bits per heavy atom. The van der Waals surface area contributed by atoms with Crippen LogP contribution in [0.15, 0.2) is 5.51 Å². The van der Waals surface area contributed by atoms with Crippen molar-refractivity contribution in [1.82, 2.24) is 9.88 Å². The van der Waals surface area contributed by atoms with Crippen LogP contribution in [0.3, 0.4) is 0 Å². The lowest BCUT2D eigenvalue weighted by Crippen LogP contribution is -2.30. The molecular formula is C12H20N2O2S. The molecule has 96 valence electrons. The van der Waals surface area contributed by atoms with E-state index in [1.54, 1.807) is 11.3 Å². The standard InChI is InChI=1S/C12H20N2O2S/c1-9(12(15)16-4)7-14(3)6-5-11-10(2)13-8-17-11/h8-9H,5-7H2,1-4H3. The van der Waals surface area contributed by atoms with E-state index in [2.05, 4.69) is 9.88 Å². The van der Waals surface area contributed by atoms with Crippen LogP contribution in [-0.4, -0.2) is 43.1 Å². The summed E-state index contributed by atoms with van der Waals surface area (Å²) in [5, 5.41) is 0. The van der Waals surface area contributed by atoms with Gasteiger partial charge in [-0.15, -0.1) is 11.3 Å². The second-order valence-corrected chi connectivity index (χ2v) is 5.24. The number of ether oxygens (including phenoxy) is 1. The van der Waals surface area contributed by atoms with Crippen LogP contribution in [0.5, 0.6) is 0 Å². The highest BCUT2D eigenvalue weighted by Gasteiger charge is 2.15. The molecule has 0 aliphatic carbocycles. The van der Waals surface area contributed by atoms with Crippen molar-refractivity contribution in [1.29, 1.82) is 0 Å². The van der Waals surface area contributed by atoms with Gasteiger partial charge < -0.3 is 9.64 Å². The molecule has 1 aromatic heterocycles. The van der Waals surface area contributed by atoms with E-state index in [4.69, 9.17) is 4.74 Å². The second-order valence-electron chi connectivity index (χ2n) is 4.30. The lowest BCUT2D eigenvalue weighted by atomic mass is 10.1. The van der Waals surface area contributed by atoms with Crippen molar-refractivity contribution in [2.24, 2.45) is 5.92 Å². The van der Waals surface area contributed by atoms with Gasteiger partial charge in [0, 0.05) is 18.0 Å². The summed E-state index contributed by atoms with van der Waals surface area (Å²) in [6, 6.07) is 0. The van der Waals surface area contributed by atoms with Crippen molar-refractivity contribution >= 4 is 17.3 Å². The average Bonchev–Trinajstić information content (AvgIpc) is 2.71. The fourth-order valence-electron chi connectivity index (χ4n) is 1.69. The number of methoxy groups -OCH3 is 1. The molecular weight excluding hydrogens is 236 g/mol. The number of thiazole rings is 1. The lowest BCUT2D eigenvalue weighted by Gasteiger charge is -2.19. The fourth-order valence-corrected chi connectivity index (χ4v) is 2.46. The molecule has 5 heteroatoms. The van der Waals surface area contributed by atoms with Gasteiger partial charge >= 0.3 is 5.97 Å². The summed E-state index contributed by atoms with van der Waals surface area (Å²) in [4.78, 5) is 19.0. The first-order valence-corrected chi connectivity index (χ1v) is 6.58. The molecule has 1 atom stereocenters. The Morgan fingerprint density at radius 3 is 2.88 bits per heavy atom. The van der Waals surface area contributed by atoms with Gasteiger partial charge in [0.25, 0.3) is 0 Å². The van der Waals surface area contributed by atoms with Crippen LogP contribution >= 0.6 is 11.3 Å². The molecule has 1 aromatic rings. The van der Waals surface area contributed by atoms with E-state index in [9.17, 15) is 4.79 Å². The molecule has 17 heavy (non-hydrogen) atoms. The molecule has 0 spiro atoms. The van der Waals surface area contributed by atoms with Crippen molar-refractivity contribution < 1.29 is 9.53 Å². The van der Waals surface area contributed by atoms with E-state index in [1.807, 2.05) is 26.4 Å². The maximum absolute atomic E-state index is 11.3. The van der Waals surface area contributed by atoms with Gasteiger partial charge in [-0.1, -0.05) is 6.92 Å². The summed E-state index contributed by atoms with van der Waals surface area (Å²) in [6.45, 7) is 5.58. The third kappa shape index (κ3) is 4.44. The second kappa shape index (κ2) is 6.71. The van der Waals surface area contributed by atoms with Crippen LogP contribution in [0.25, 0.3) is 0 Å². The Hall–Kier alpha value is -0.940. The minimum atomic E-state index is -0.147. The summed E-state index contributed by atoms with van der Waals surface area (Å²) in [6.07, 6.45) is 0.987. The highest BCUT2D eigenvalue weighted by molar-refractivity contribution is 7.09. The van der Waals surface area contributed by atoms with Crippen LogP contribution < -0.4 is 0 Å². The van der Waals surface area contributed by atoms with E-state index in [0.29, 0.717) is 0 Å². The summed E-state index contributed by atoms with van der Waals surface area (Å²) in [5.74, 6) is -0.224. The van der Waals surface area contributed by atoms with Gasteiger partial charge in [0.05, 0.1) is 24.2 Å². The van der Waals surface area contributed by atoms with Crippen LogP contribution in [0.2, 0.25) is 0 Å². The monoisotopic (exact) mass is 256 g/mol. The summed E-state index contributed by atoms with van der Waals surface area (Å²) < 4.78 is 4.71. The maximum Gasteiger partial charge on any atom is 0.309 e. The molecule has 0 fully saturated rings. The van der Waals surface area contributed by atoms with E-state index >= 15 is 0 Å². The Labute approximate surface area is 107 Å². The molecule has 4 nitrogen and oxygen atoms in total. The largest absolute Gasteiger partial charge is 0.469 e. The smallest absolute Gasteiger partial charge is 0.309 e. The molecule has 0 aromatic carbocycles. The van der Waals surface area contributed by atoms with Crippen molar-refractivity contribution in [3.8, 4) is 0 Å². The lowest BCUT2D eigenvalue weighted by molar-refractivity contribution is -0.145. The number of carbonyl (C=O) groups is 1. The van der Waals surface area contributed by atoms with E-state index in [0.717, 1.165) is 25.2 Å². The quantitative estimate of drug-likeness (QED) is 0.727. The number of esters is 1. The zero-order chi connectivity index (χ0) is 12.8. The van der Waals surface area contributed by atoms with Crippen molar-refractivity contribution in [3.05, 3.63) is 16.1 Å². The van der Waals surface area contributed by atoms with E-state index in [-0.39, 0.29) is 11.9 Å². The molecule has 1 rings (SSSR count). The highest BCUT2D eigenvalue weighted by Crippen LogP contribution is 2.13. The number of hydrogen-bond donors (Lipinski definition) is 0. The van der Waals surface area contributed by atoms with Gasteiger partial charge in [-0.3, -0.25) is 4.79 Å². The molecule has 0 aliphatic heterocycles. The SMILES string of the molecule is COC(=O)C(C)CN(C)CCc1scnc1C. The minimum Gasteiger partial charge on any atom is -0.469 e. The average molecular weight is 256 g/mol. The van der Waals surface area contributed by atoms with Crippen LogP contribution in [-0.2, 0) is 16.0 Å². The molecule has 0 saturated heterocycles. The first kappa shape index (κ1) is 14.1. The molecule has 0 radical (unpaired) electrons. The number of nitrogens with zero attached hydrogens (tertiary/aromatic N) is 2. The van der Waals surface area contributed by atoms with Gasteiger partial charge in [0.1, 0.15) is 0 Å². The van der Waals surface area contributed by atoms with Crippen molar-refractivity contribution in [2.45, 2.75) is 20.3 Å². The van der Waals surface area contributed by atoms with Gasteiger partial charge in [-0.25, -0.2) is 4.98 Å². The number of rotatable bonds is 6. The molecule has 0 saturated carbocycles. The van der Waals surface area contributed by atoms with Crippen LogP contribution in [0.4, 0.5) is 0 Å². The van der Waals surface area contributed by atoms with Crippen molar-refractivity contribution in [2.75, 3.05) is 27.2 Å². The Kier molecular flexibility index (Phi) is 5.58. The molecule has 0 amide bonds. The number of aryl methyl sites for hydroxylation is 1. The highest BCUT2D eigenvalue weighted by atomic mass is 32.1. The summed E-state index contributed by atoms with van der Waals surface area (Å²) in [7, 11) is 3.45. The van der Waals surface area contributed by atoms with Crippen LogP contribution in [0.1, 0.15) is 17.5 Å². The van der Waals surface area contributed by atoms with Gasteiger partial charge in [-0.2, -0.15) is 0 Å². The molecule has 0 bridgehead atoms. The number of carbonyl (C=O) groups excluding carboxylic acids is 1. The predicted molar refractivity (Wildman–Crippen MR) is 69.2 cm³/mol.